The number of aromatic nitrogens is 3. The Morgan fingerprint density at radius 3 is 1.66 bits per heavy atom. The van der Waals surface area contributed by atoms with E-state index in [4.69, 9.17) is 14.4 Å². The van der Waals surface area contributed by atoms with E-state index in [-0.39, 0.29) is 0 Å². The quantitative estimate of drug-likeness (QED) is 0.188. The average Bonchev–Trinajstić information content (AvgIpc) is 3.74. The highest BCUT2D eigenvalue weighted by atomic mass is 16.3. The summed E-state index contributed by atoms with van der Waals surface area (Å²) >= 11 is 0. The Labute approximate surface area is 288 Å². The van der Waals surface area contributed by atoms with Gasteiger partial charge in [0.25, 0.3) is 0 Å². The van der Waals surface area contributed by atoms with Crippen LogP contribution in [-0.2, 0) is 0 Å². The number of rotatable bonds is 5. The van der Waals surface area contributed by atoms with Crippen molar-refractivity contribution in [3.05, 3.63) is 176 Å². The second-order valence-corrected chi connectivity index (χ2v) is 12.6. The molecule has 3 heterocycles. The van der Waals surface area contributed by atoms with Crippen LogP contribution in [-0.4, -0.2) is 14.5 Å². The molecule has 0 bridgehead atoms. The molecular formula is C46H29N3O. The molecule has 0 saturated heterocycles. The molecule has 0 unspecified atom stereocenters. The average molecular weight is 640 g/mol. The Morgan fingerprint density at radius 1 is 0.400 bits per heavy atom. The van der Waals surface area contributed by atoms with Crippen molar-refractivity contribution < 1.29 is 4.42 Å². The van der Waals surface area contributed by atoms with Gasteiger partial charge in [0.15, 0.2) is 11.4 Å². The van der Waals surface area contributed by atoms with Crippen LogP contribution in [0.3, 0.4) is 0 Å². The van der Waals surface area contributed by atoms with Crippen molar-refractivity contribution in [3.8, 4) is 50.6 Å². The molecule has 10 rings (SSSR count). The van der Waals surface area contributed by atoms with Crippen molar-refractivity contribution in [1.29, 1.82) is 0 Å². The Bertz CT molecular complexity index is 2810. The van der Waals surface area contributed by atoms with E-state index in [9.17, 15) is 0 Å². The number of nitrogens with zero attached hydrogens (tertiary/aromatic N) is 3. The molecule has 0 aliphatic carbocycles. The lowest BCUT2D eigenvalue weighted by Crippen LogP contribution is -1.94. The summed E-state index contributed by atoms with van der Waals surface area (Å²) < 4.78 is 8.97. The summed E-state index contributed by atoms with van der Waals surface area (Å²) in [7, 11) is 0. The zero-order valence-electron chi connectivity index (χ0n) is 27.0. The van der Waals surface area contributed by atoms with Gasteiger partial charge in [0.1, 0.15) is 16.8 Å². The number of benzene rings is 7. The Morgan fingerprint density at radius 2 is 0.960 bits per heavy atom. The smallest absolute Gasteiger partial charge is 0.180 e. The molecule has 0 radical (unpaired) electrons. The maximum Gasteiger partial charge on any atom is 0.180 e. The van der Waals surface area contributed by atoms with E-state index in [1.165, 1.54) is 21.8 Å². The van der Waals surface area contributed by atoms with E-state index in [2.05, 4.69) is 132 Å². The van der Waals surface area contributed by atoms with Crippen LogP contribution in [0.15, 0.2) is 180 Å². The van der Waals surface area contributed by atoms with Gasteiger partial charge in [0.05, 0.1) is 11.0 Å². The van der Waals surface area contributed by atoms with Gasteiger partial charge in [-0.05, 0) is 64.7 Å². The largest absolute Gasteiger partial charge is 0.452 e. The summed E-state index contributed by atoms with van der Waals surface area (Å²) in [6.45, 7) is 0. The highest BCUT2D eigenvalue weighted by molar-refractivity contribution is 6.10. The summed E-state index contributed by atoms with van der Waals surface area (Å²) in [5.41, 5.74) is 13.1. The molecule has 0 aliphatic heterocycles. The fourth-order valence-electron chi connectivity index (χ4n) is 7.23. The van der Waals surface area contributed by atoms with Crippen LogP contribution in [0.5, 0.6) is 0 Å². The molecule has 4 nitrogen and oxygen atoms in total. The summed E-state index contributed by atoms with van der Waals surface area (Å²) in [5, 5.41) is 3.49. The summed E-state index contributed by atoms with van der Waals surface area (Å²) in [5.74, 6) is 0.680. The number of hydrogen-bond donors (Lipinski definition) is 0. The summed E-state index contributed by atoms with van der Waals surface area (Å²) in [6, 6.07) is 61.6. The number of hydrogen-bond acceptors (Lipinski definition) is 3. The van der Waals surface area contributed by atoms with E-state index in [1.54, 1.807) is 0 Å². The maximum atomic E-state index is 6.61. The third-order valence-electron chi connectivity index (χ3n) is 9.61. The first-order valence-electron chi connectivity index (χ1n) is 16.8. The standard InChI is InChI=1S/C46H29N3O/c1-3-13-30(14-4-1)43-45-44(48-46(47-43)31-15-5-2-6-16-31)39-26-25-35(29-42(39)50-45)33-18-11-17-32(27-33)34-19-12-20-36(28-34)49-40-23-9-7-21-37(40)38-22-8-10-24-41(38)49/h1-29H. The van der Waals surface area contributed by atoms with Crippen LogP contribution >= 0.6 is 0 Å². The van der Waals surface area contributed by atoms with E-state index in [0.29, 0.717) is 11.4 Å². The minimum atomic E-state index is 0.680. The molecule has 3 aromatic heterocycles. The van der Waals surface area contributed by atoms with Gasteiger partial charge in [-0.2, -0.15) is 0 Å². The first-order valence-corrected chi connectivity index (χ1v) is 16.8. The third-order valence-corrected chi connectivity index (χ3v) is 9.61. The molecule has 4 heteroatoms. The molecule has 10 aromatic rings. The van der Waals surface area contributed by atoms with Crippen molar-refractivity contribution in [3.63, 3.8) is 0 Å². The highest BCUT2D eigenvalue weighted by Crippen LogP contribution is 2.38. The minimum Gasteiger partial charge on any atom is -0.452 e. The van der Waals surface area contributed by atoms with Gasteiger partial charge in [0.2, 0.25) is 0 Å². The van der Waals surface area contributed by atoms with Gasteiger partial charge in [-0.1, -0.05) is 133 Å². The molecule has 7 aromatic carbocycles. The van der Waals surface area contributed by atoms with Gasteiger partial charge >= 0.3 is 0 Å². The predicted octanol–water partition coefficient (Wildman–Crippen LogP) is 12.1. The van der Waals surface area contributed by atoms with Crippen LogP contribution in [0.4, 0.5) is 0 Å². The molecule has 0 spiro atoms. The van der Waals surface area contributed by atoms with Crippen molar-refractivity contribution in [1.82, 2.24) is 14.5 Å². The van der Waals surface area contributed by atoms with Crippen LogP contribution in [0.25, 0.3) is 94.5 Å². The minimum absolute atomic E-state index is 0.680. The van der Waals surface area contributed by atoms with E-state index in [0.717, 1.165) is 61.2 Å². The maximum absolute atomic E-state index is 6.61. The zero-order chi connectivity index (χ0) is 33.0. The van der Waals surface area contributed by atoms with Gasteiger partial charge in [-0.3, -0.25) is 0 Å². The zero-order valence-corrected chi connectivity index (χ0v) is 27.0. The molecule has 0 amide bonds. The first kappa shape index (κ1) is 28.3. The lowest BCUT2D eigenvalue weighted by molar-refractivity contribution is 0.667. The van der Waals surface area contributed by atoms with Crippen LogP contribution in [0.2, 0.25) is 0 Å². The molecule has 0 fully saturated rings. The first-order chi connectivity index (χ1) is 24.8. The van der Waals surface area contributed by atoms with Crippen molar-refractivity contribution in [2.24, 2.45) is 0 Å². The molecule has 0 aliphatic rings. The SMILES string of the molecule is c1ccc(-c2nc(-c3ccccc3)c3oc4cc(-c5cccc(-c6cccc(-n7c8ccccc8c8ccccc87)c6)c5)ccc4c3n2)cc1. The van der Waals surface area contributed by atoms with Gasteiger partial charge in [-0.15, -0.1) is 0 Å². The van der Waals surface area contributed by atoms with Gasteiger partial charge in [0, 0.05) is 33.0 Å². The summed E-state index contributed by atoms with van der Waals surface area (Å²) in [6.07, 6.45) is 0. The predicted molar refractivity (Wildman–Crippen MR) is 205 cm³/mol. The van der Waals surface area contributed by atoms with E-state index < -0.39 is 0 Å². The van der Waals surface area contributed by atoms with Gasteiger partial charge in [-0.25, -0.2) is 9.97 Å². The fraction of sp³-hybridized carbons (Fsp3) is 0. The molecular weight excluding hydrogens is 611 g/mol. The van der Waals surface area contributed by atoms with Crippen molar-refractivity contribution in [2.45, 2.75) is 0 Å². The number of furan rings is 1. The Hall–Kier alpha value is -6.78. The second kappa shape index (κ2) is 11.4. The summed E-state index contributed by atoms with van der Waals surface area (Å²) in [4.78, 5) is 10.1. The fourth-order valence-corrected chi connectivity index (χ4v) is 7.23. The van der Waals surface area contributed by atoms with Gasteiger partial charge < -0.3 is 8.98 Å². The molecule has 234 valence electrons. The van der Waals surface area contributed by atoms with Crippen molar-refractivity contribution >= 4 is 43.9 Å². The lowest BCUT2D eigenvalue weighted by Gasteiger charge is -2.11. The van der Waals surface area contributed by atoms with E-state index in [1.807, 2.05) is 48.5 Å². The van der Waals surface area contributed by atoms with E-state index >= 15 is 0 Å². The second-order valence-electron chi connectivity index (χ2n) is 12.6. The van der Waals surface area contributed by atoms with Crippen molar-refractivity contribution in [2.75, 3.05) is 0 Å². The topological polar surface area (TPSA) is 43.9 Å². The van der Waals surface area contributed by atoms with Crippen LogP contribution in [0.1, 0.15) is 0 Å². The molecule has 0 N–H and O–H groups in total. The third kappa shape index (κ3) is 4.61. The molecule has 50 heavy (non-hydrogen) atoms. The monoisotopic (exact) mass is 639 g/mol. The molecule has 0 saturated carbocycles. The number of fused-ring (bicyclic) bond motifs is 6. The van der Waals surface area contributed by atoms with Crippen LogP contribution < -0.4 is 0 Å². The molecule has 0 atom stereocenters. The Kier molecular flexibility index (Phi) is 6.46. The number of para-hydroxylation sites is 2. The highest BCUT2D eigenvalue weighted by Gasteiger charge is 2.19. The van der Waals surface area contributed by atoms with Crippen LogP contribution in [0, 0.1) is 0 Å². The Balaban J connectivity index is 1.08. The lowest BCUT2D eigenvalue weighted by atomic mass is 9.98. The normalized spacial score (nSPS) is 11.6.